The third kappa shape index (κ3) is 2.50. The first-order valence-electron chi connectivity index (χ1n) is 6.06. The summed E-state index contributed by atoms with van der Waals surface area (Å²) in [5.41, 5.74) is 5.60. The van der Waals surface area contributed by atoms with Crippen molar-refractivity contribution in [1.29, 1.82) is 5.26 Å². The van der Waals surface area contributed by atoms with E-state index in [0.29, 0.717) is 5.92 Å². The Labute approximate surface area is 92.2 Å². The van der Waals surface area contributed by atoms with Crippen LogP contribution in [-0.4, -0.2) is 30.1 Å². The molecule has 3 heteroatoms. The molecule has 0 aromatic carbocycles. The maximum absolute atomic E-state index is 9.18. The fourth-order valence-electron chi connectivity index (χ4n) is 2.44. The zero-order chi connectivity index (χ0) is 10.9. The minimum atomic E-state index is -0.569. The zero-order valence-corrected chi connectivity index (χ0v) is 9.58. The number of nitriles is 1. The van der Waals surface area contributed by atoms with Gasteiger partial charge >= 0.3 is 0 Å². The van der Waals surface area contributed by atoms with Crippen LogP contribution in [0.4, 0.5) is 0 Å². The fourth-order valence-corrected chi connectivity index (χ4v) is 2.44. The average Bonchev–Trinajstić information content (AvgIpc) is 3.05. The van der Waals surface area contributed by atoms with Crippen LogP contribution in [0.1, 0.15) is 32.6 Å². The molecule has 2 aliphatic rings. The molecule has 2 rings (SSSR count). The molecule has 84 valence electrons. The van der Waals surface area contributed by atoms with Gasteiger partial charge < -0.3 is 10.6 Å². The highest BCUT2D eigenvalue weighted by Crippen LogP contribution is 2.38. The first-order chi connectivity index (χ1) is 7.14. The van der Waals surface area contributed by atoms with Crippen molar-refractivity contribution in [3.8, 4) is 6.07 Å². The van der Waals surface area contributed by atoms with Gasteiger partial charge in [-0.3, -0.25) is 0 Å². The van der Waals surface area contributed by atoms with Crippen LogP contribution >= 0.6 is 0 Å². The topological polar surface area (TPSA) is 53.0 Å². The lowest BCUT2D eigenvalue weighted by Gasteiger charge is -2.35. The summed E-state index contributed by atoms with van der Waals surface area (Å²) >= 11 is 0. The van der Waals surface area contributed by atoms with E-state index in [1.807, 2.05) is 0 Å². The first kappa shape index (κ1) is 10.9. The predicted molar refractivity (Wildman–Crippen MR) is 60.1 cm³/mol. The molecule has 1 atom stereocenters. The molecular weight excluding hydrogens is 186 g/mol. The van der Waals surface area contributed by atoms with Crippen molar-refractivity contribution >= 4 is 0 Å². The molecule has 0 aromatic rings. The number of nitrogens with two attached hydrogens (primary N) is 1. The SMILES string of the molecule is CC1CCN(CC(N)(C#N)C2CC2)CC1. The van der Waals surface area contributed by atoms with Crippen molar-refractivity contribution in [2.24, 2.45) is 17.6 Å². The van der Waals surface area contributed by atoms with E-state index in [1.54, 1.807) is 0 Å². The number of hydrogen-bond acceptors (Lipinski definition) is 3. The Morgan fingerprint density at radius 3 is 2.40 bits per heavy atom. The van der Waals surface area contributed by atoms with Crippen LogP contribution in [0.15, 0.2) is 0 Å². The standard InChI is InChI=1S/C12H21N3/c1-10-4-6-15(7-5-10)9-12(14,8-13)11-2-3-11/h10-11H,2-7,9,14H2,1H3. The van der Waals surface area contributed by atoms with E-state index in [9.17, 15) is 5.26 Å². The molecular formula is C12H21N3. The van der Waals surface area contributed by atoms with Gasteiger partial charge in [0, 0.05) is 6.54 Å². The minimum Gasteiger partial charge on any atom is -0.312 e. The second kappa shape index (κ2) is 4.11. The predicted octanol–water partition coefficient (Wildman–Crippen LogP) is 1.35. The van der Waals surface area contributed by atoms with Gasteiger partial charge in [-0.25, -0.2) is 0 Å². The quantitative estimate of drug-likeness (QED) is 0.760. The van der Waals surface area contributed by atoms with Gasteiger partial charge in [-0.1, -0.05) is 6.92 Å². The molecule has 2 N–H and O–H groups in total. The summed E-state index contributed by atoms with van der Waals surface area (Å²) in [5.74, 6) is 1.30. The molecule has 0 amide bonds. The lowest BCUT2D eigenvalue weighted by molar-refractivity contribution is 0.162. The Kier molecular flexibility index (Phi) is 2.99. The maximum atomic E-state index is 9.18. The molecule has 1 aliphatic carbocycles. The second-order valence-corrected chi connectivity index (χ2v) is 5.39. The van der Waals surface area contributed by atoms with Gasteiger partial charge in [0.1, 0.15) is 5.54 Å². The first-order valence-corrected chi connectivity index (χ1v) is 6.06. The molecule has 0 bridgehead atoms. The maximum Gasteiger partial charge on any atom is 0.119 e. The van der Waals surface area contributed by atoms with Crippen LogP contribution in [0.2, 0.25) is 0 Å². The smallest absolute Gasteiger partial charge is 0.119 e. The summed E-state index contributed by atoms with van der Waals surface area (Å²) in [6.07, 6.45) is 4.81. The van der Waals surface area contributed by atoms with Gasteiger partial charge in [-0.15, -0.1) is 0 Å². The summed E-state index contributed by atoms with van der Waals surface area (Å²) in [5, 5.41) is 9.18. The molecule has 0 spiro atoms. The second-order valence-electron chi connectivity index (χ2n) is 5.39. The fraction of sp³-hybridized carbons (Fsp3) is 0.917. The normalized spacial score (nSPS) is 28.3. The van der Waals surface area contributed by atoms with Crippen LogP contribution < -0.4 is 5.73 Å². The molecule has 1 heterocycles. The molecule has 1 unspecified atom stereocenters. The Morgan fingerprint density at radius 1 is 1.33 bits per heavy atom. The summed E-state index contributed by atoms with van der Waals surface area (Å²) < 4.78 is 0. The highest BCUT2D eigenvalue weighted by atomic mass is 15.2. The minimum absolute atomic E-state index is 0.460. The van der Waals surface area contributed by atoms with Gasteiger partial charge in [0.25, 0.3) is 0 Å². The van der Waals surface area contributed by atoms with Crippen molar-refractivity contribution in [2.45, 2.75) is 38.1 Å². The van der Waals surface area contributed by atoms with Crippen molar-refractivity contribution in [3.63, 3.8) is 0 Å². The van der Waals surface area contributed by atoms with E-state index in [0.717, 1.165) is 38.4 Å². The molecule has 2 fully saturated rings. The van der Waals surface area contributed by atoms with Crippen LogP contribution in [0, 0.1) is 23.2 Å². The van der Waals surface area contributed by atoms with E-state index in [2.05, 4.69) is 17.9 Å². The third-order valence-corrected chi connectivity index (χ3v) is 3.88. The lowest BCUT2D eigenvalue weighted by atomic mass is 9.93. The van der Waals surface area contributed by atoms with Crippen molar-refractivity contribution in [2.75, 3.05) is 19.6 Å². The third-order valence-electron chi connectivity index (χ3n) is 3.88. The summed E-state index contributed by atoms with van der Waals surface area (Å²) in [7, 11) is 0. The summed E-state index contributed by atoms with van der Waals surface area (Å²) in [6.45, 7) is 5.32. The number of rotatable bonds is 3. The number of piperidine rings is 1. The molecule has 0 aromatic heterocycles. The Bertz CT molecular complexity index is 259. The average molecular weight is 207 g/mol. The lowest BCUT2D eigenvalue weighted by Crippen LogP contribution is -2.52. The van der Waals surface area contributed by atoms with Gasteiger partial charge in [0.05, 0.1) is 6.07 Å². The van der Waals surface area contributed by atoms with Gasteiger partial charge in [0.2, 0.25) is 0 Å². The number of nitrogens with zero attached hydrogens (tertiary/aromatic N) is 2. The highest BCUT2D eigenvalue weighted by molar-refractivity contribution is 5.14. The Balaban J connectivity index is 1.87. The largest absolute Gasteiger partial charge is 0.312 e. The number of likely N-dealkylation sites (tertiary alicyclic amines) is 1. The number of hydrogen-bond donors (Lipinski definition) is 1. The van der Waals surface area contributed by atoms with Gasteiger partial charge in [-0.2, -0.15) is 5.26 Å². The Morgan fingerprint density at radius 2 is 1.93 bits per heavy atom. The van der Waals surface area contributed by atoms with E-state index >= 15 is 0 Å². The van der Waals surface area contributed by atoms with Crippen LogP contribution in [0.5, 0.6) is 0 Å². The van der Waals surface area contributed by atoms with E-state index in [4.69, 9.17) is 5.73 Å². The van der Waals surface area contributed by atoms with Gasteiger partial charge in [-0.05, 0) is 50.6 Å². The van der Waals surface area contributed by atoms with Crippen molar-refractivity contribution < 1.29 is 0 Å². The molecule has 3 nitrogen and oxygen atoms in total. The zero-order valence-electron chi connectivity index (χ0n) is 9.58. The molecule has 0 radical (unpaired) electrons. The molecule has 1 aliphatic heterocycles. The molecule has 1 saturated heterocycles. The van der Waals surface area contributed by atoms with E-state index < -0.39 is 5.54 Å². The van der Waals surface area contributed by atoms with Crippen LogP contribution in [0.25, 0.3) is 0 Å². The highest BCUT2D eigenvalue weighted by Gasteiger charge is 2.43. The summed E-state index contributed by atoms with van der Waals surface area (Å²) in [4.78, 5) is 2.38. The molecule has 15 heavy (non-hydrogen) atoms. The summed E-state index contributed by atoms with van der Waals surface area (Å²) in [6, 6.07) is 2.34. The van der Waals surface area contributed by atoms with E-state index in [-0.39, 0.29) is 0 Å². The Hall–Kier alpha value is -0.590. The van der Waals surface area contributed by atoms with Crippen LogP contribution in [-0.2, 0) is 0 Å². The van der Waals surface area contributed by atoms with E-state index in [1.165, 1.54) is 12.8 Å². The monoisotopic (exact) mass is 207 g/mol. The molecule has 1 saturated carbocycles. The van der Waals surface area contributed by atoms with Crippen LogP contribution in [0.3, 0.4) is 0 Å². The van der Waals surface area contributed by atoms with Gasteiger partial charge in [0.15, 0.2) is 0 Å². The van der Waals surface area contributed by atoms with Crippen molar-refractivity contribution in [3.05, 3.63) is 0 Å². The van der Waals surface area contributed by atoms with Crippen molar-refractivity contribution in [1.82, 2.24) is 4.90 Å².